The van der Waals surface area contributed by atoms with E-state index in [0.717, 1.165) is 23.3 Å². The summed E-state index contributed by atoms with van der Waals surface area (Å²) in [6.45, 7) is 6.59. The summed E-state index contributed by atoms with van der Waals surface area (Å²) in [7, 11) is 1.96. The molecular formula is C20H26N6O2. The lowest BCUT2D eigenvalue weighted by Gasteiger charge is -2.42. The van der Waals surface area contributed by atoms with Crippen molar-refractivity contribution in [1.82, 2.24) is 19.9 Å². The maximum absolute atomic E-state index is 12.9. The van der Waals surface area contributed by atoms with Gasteiger partial charge in [0.15, 0.2) is 11.7 Å². The van der Waals surface area contributed by atoms with Gasteiger partial charge in [0.05, 0.1) is 17.5 Å². The van der Waals surface area contributed by atoms with Gasteiger partial charge in [-0.25, -0.2) is 9.97 Å². The summed E-state index contributed by atoms with van der Waals surface area (Å²) < 4.78 is 0. The van der Waals surface area contributed by atoms with Gasteiger partial charge < -0.3 is 14.8 Å². The molecule has 0 saturated carbocycles. The number of hydrogen-bond acceptors (Lipinski definition) is 6. The van der Waals surface area contributed by atoms with Crippen LogP contribution < -0.4 is 4.90 Å². The average Bonchev–Trinajstić information content (AvgIpc) is 3.17. The molecule has 1 N–H and O–H groups in total. The first-order chi connectivity index (χ1) is 13.3. The number of H-pyrrole nitrogens is 1. The topological polar surface area (TPSA) is 106 Å². The van der Waals surface area contributed by atoms with Gasteiger partial charge in [0.2, 0.25) is 5.91 Å². The van der Waals surface area contributed by atoms with E-state index >= 15 is 0 Å². The number of likely N-dealkylation sites (N-methyl/N-ethyl adjacent to an activating group) is 1. The van der Waals surface area contributed by atoms with Crippen LogP contribution >= 0.6 is 0 Å². The van der Waals surface area contributed by atoms with E-state index in [1.807, 2.05) is 25.4 Å². The summed E-state index contributed by atoms with van der Waals surface area (Å²) in [6, 6.07) is 3.87. The number of hydrogen-bond donors (Lipinski definition) is 1. The second kappa shape index (κ2) is 7.97. The number of fused-ring (bicyclic) bond motifs is 1. The van der Waals surface area contributed by atoms with E-state index in [4.69, 9.17) is 0 Å². The van der Waals surface area contributed by atoms with E-state index in [1.165, 1.54) is 6.33 Å². The number of nitrogens with one attached hydrogen (secondary N) is 1. The summed E-state index contributed by atoms with van der Waals surface area (Å²) in [5.41, 5.74) is 0.764. The molecule has 8 heteroatoms. The van der Waals surface area contributed by atoms with Crippen LogP contribution in [0.2, 0.25) is 0 Å². The summed E-state index contributed by atoms with van der Waals surface area (Å²) in [5.74, 6) is -1.15. The van der Waals surface area contributed by atoms with Crippen molar-refractivity contribution in [1.29, 1.82) is 5.26 Å². The molecule has 3 rings (SSSR count). The summed E-state index contributed by atoms with van der Waals surface area (Å²) >= 11 is 0. The lowest BCUT2D eigenvalue weighted by Crippen LogP contribution is -2.54. The third kappa shape index (κ3) is 3.57. The molecule has 0 spiro atoms. The average molecular weight is 382 g/mol. The molecule has 0 radical (unpaired) electrons. The number of amides is 1. The van der Waals surface area contributed by atoms with Crippen LogP contribution in [-0.4, -0.2) is 57.7 Å². The van der Waals surface area contributed by atoms with Crippen molar-refractivity contribution in [3.05, 3.63) is 18.6 Å². The Morgan fingerprint density at radius 2 is 2.14 bits per heavy atom. The largest absolute Gasteiger partial charge is 0.354 e. The molecule has 0 bridgehead atoms. The number of ketones is 1. The zero-order valence-corrected chi connectivity index (χ0v) is 16.7. The minimum Gasteiger partial charge on any atom is -0.354 e. The third-order valence-electron chi connectivity index (χ3n) is 5.62. The number of nitriles is 1. The highest BCUT2D eigenvalue weighted by Crippen LogP contribution is 2.29. The van der Waals surface area contributed by atoms with Crippen LogP contribution in [0.1, 0.15) is 27.2 Å². The number of aromatic nitrogens is 3. The molecule has 2 aromatic rings. The van der Waals surface area contributed by atoms with Crippen LogP contribution in [0.5, 0.6) is 0 Å². The van der Waals surface area contributed by atoms with E-state index in [9.17, 15) is 14.9 Å². The Bertz CT molecular complexity index is 915. The fraction of sp³-hybridized carbons (Fsp3) is 0.550. The first-order valence-corrected chi connectivity index (χ1v) is 9.58. The fourth-order valence-corrected chi connectivity index (χ4v) is 3.81. The molecule has 0 aromatic carbocycles. The molecule has 1 aliphatic rings. The van der Waals surface area contributed by atoms with Gasteiger partial charge in [0.25, 0.3) is 0 Å². The molecule has 1 amide bonds. The Kier molecular flexibility index (Phi) is 5.63. The van der Waals surface area contributed by atoms with E-state index in [1.54, 1.807) is 18.7 Å². The number of carbonyl (C=O) groups excluding carboxylic acids is 2. The fourth-order valence-electron chi connectivity index (χ4n) is 3.81. The maximum Gasteiger partial charge on any atom is 0.247 e. The number of piperidine rings is 1. The van der Waals surface area contributed by atoms with Crippen molar-refractivity contribution >= 4 is 28.5 Å². The zero-order chi connectivity index (χ0) is 20.4. The maximum atomic E-state index is 12.9. The van der Waals surface area contributed by atoms with Gasteiger partial charge in [-0.2, -0.15) is 5.26 Å². The van der Waals surface area contributed by atoms with Crippen molar-refractivity contribution in [2.45, 2.75) is 33.2 Å². The van der Waals surface area contributed by atoms with Crippen molar-refractivity contribution in [2.24, 2.45) is 17.8 Å². The smallest absolute Gasteiger partial charge is 0.247 e. The Balaban J connectivity index is 1.83. The summed E-state index contributed by atoms with van der Waals surface area (Å²) in [5, 5.41) is 10.3. The standard InChI is InChI=1S/C20H26N6O2/c1-12(2)17(27)15(9-21)20(28)26-8-6-13(3)16(10-26)25(4)19-14-5-7-22-18(14)23-11-24-19/h5,7,11-13,15-16H,6,8,10H2,1-4H3,(H,22,23,24)/t13?,15?,16-/m0/s1. The number of aromatic amines is 1. The van der Waals surface area contributed by atoms with E-state index in [0.29, 0.717) is 19.0 Å². The molecule has 1 aliphatic heterocycles. The van der Waals surface area contributed by atoms with Gasteiger partial charge in [-0.3, -0.25) is 9.59 Å². The molecule has 28 heavy (non-hydrogen) atoms. The Labute approximate surface area is 164 Å². The van der Waals surface area contributed by atoms with Crippen molar-refractivity contribution < 1.29 is 9.59 Å². The Hall–Kier alpha value is -2.95. The summed E-state index contributed by atoms with van der Waals surface area (Å²) in [4.78, 5) is 40.7. The molecule has 2 unspecified atom stereocenters. The number of nitrogens with zero attached hydrogens (tertiary/aromatic N) is 5. The molecule has 1 fully saturated rings. The summed E-state index contributed by atoms with van der Waals surface area (Å²) in [6.07, 6.45) is 4.15. The van der Waals surface area contributed by atoms with Gasteiger partial charge >= 0.3 is 0 Å². The molecule has 2 aromatic heterocycles. The van der Waals surface area contributed by atoms with E-state index < -0.39 is 5.92 Å². The number of likely N-dealkylation sites (tertiary alicyclic amines) is 1. The highest BCUT2D eigenvalue weighted by atomic mass is 16.2. The van der Waals surface area contributed by atoms with Crippen LogP contribution in [0.4, 0.5) is 5.82 Å². The first-order valence-electron chi connectivity index (χ1n) is 9.58. The van der Waals surface area contributed by atoms with Crippen molar-refractivity contribution in [2.75, 3.05) is 25.0 Å². The third-order valence-corrected chi connectivity index (χ3v) is 5.62. The van der Waals surface area contributed by atoms with Crippen LogP contribution in [-0.2, 0) is 9.59 Å². The number of anilines is 1. The molecule has 3 atom stereocenters. The second-order valence-corrected chi connectivity index (χ2v) is 7.78. The van der Waals surface area contributed by atoms with E-state index in [2.05, 4.69) is 26.8 Å². The Morgan fingerprint density at radius 1 is 1.39 bits per heavy atom. The quantitative estimate of drug-likeness (QED) is 0.793. The SMILES string of the molecule is CC(C)C(=O)C(C#N)C(=O)N1CCC(C)[C@@H](N(C)c2ncnc3[nH]ccc23)C1. The molecule has 1 saturated heterocycles. The molecule has 148 valence electrons. The number of Topliss-reactive ketones (excluding diaryl/α,β-unsaturated/α-hetero) is 1. The molecular weight excluding hydrogens is 356 g/mol. The van der Waals surface area contributed by atoms with Crippen LogP contribution in [0.15, 0.2) is 18.6 Å². The molecule has 3 heterocycles. The van der Waals surface area contributed by atoms with Crippen LogP contribution in [0.25, 0.3) is 11.0 Å². The van der Waals surface area contributed by atoms with Crippen molar-refractivity contribution in [3.63, 3.8) is 0 Å². The van der Waals surface area contributed by atoms with Gasteiger partial charge in [-0.05, 0) is 18.4 Å². The lowest BCUT2D eigenvalue weighted by molar-refractivity contribution is -0.141. The molecule has 0 aliphatic carbocycles. The van der Waals surface area contributed by atoms with Crippen molar-refractivity contribution in [3.8, 4) is 6.07 Å². The zero-order valence-electron chi connectivity index (χ0n) is 16.7. The predicted molar refractivity (Wildman–Crippen MR) is 105 cm³/mol. The van der Waals surface area contributed by atoms with Gasteiger partial charge in [-0.1, -0.05) is 20.8 Å². The Morgan fingerprint density at radius 3 is 2.82 bits per heavy atom. The van der Waals surface area contributed by atoms with Gasteiger partial charge in [0, 0.05) is 32.3 Å². The number of rotatable bonds is 5. The van der Waals surface area contributed by atoms with E-state index in [-0.39, 0.29) is 23.7 Å². The number of carbonyl (C=O) groups is 2. The van der Waals surface area contributed by atoms with Gasteiger partial charge in [-0.15, -0.1) is 0 Å². The first kappa shape index (κ1) is 19.8. The second-order valence-electron chi connectivity index (χ2n) is 7.78. The van der Waals surface area contributed by atoms with Gasteiger partial charge in [0.1, 0.15) is 17.8 Å². The molecule has 8 nitrogen and oxygen atoms in total. The highest BCUT2D eigenvalue weighted by Gasteiger charge is 2.37. The minimum absolute atomic E-state index is 0.0270. The van der Waals surface area contributed by atoms with Crippen LogP contribution in [0, 0.1) is 29.1 Å². The lowest BCUT2D eigenvalue weighted by atomic mass is 9.89. The monoisotopic (exact) mass is 382 g/mol. The minimum atomic E-state index is -1.23. The van der Waals surface area contributed by atoms with Crippen LogP contribution in [0.3, 0.4) is 0 Å². The normalized spacial score (nSPS) is 20.8. The highest BCUT2D eigenvalue weighted by molar-refractivity contribution is 6.04. The predicted octanol–water partition coefficient (Wildman–Crippen LogP) is 2.00.